The monoisotopic (exact) mass is 416 g/mol. The van der Waals surface area contributed by atoms with Crippen molar-refractivity contribution in [3.8, 4) is 17.3 Å². The molecule has 6 nitrogen and oxygen atoms in total. The van der Waals surface area contributed by atoms with Gasteiger partial charge in [-0.1, -0.05) is 66.4 Å². The van der Waals surface area contributed by atoms with Gasteiger partial charge in [-0.25, -0.2) is 4.98 Å². The van der Waals surface area contributed by atoms with Gasteiger partial charge in [0.25, 0.3) is 0 Å². The Morgan fingerprint density at radius 3 is 2.67 bits per heavy atom. The van der Waals surface area contributed by atoms with Crippen LogP contribution in [0.25, 0.3) is 22.3 Å². The van der Waals surface area contributed by atoms with Crippen LogP contribution in [0.15, 0.2) is 78.5 Å². The number of nitrogens with zero attached hydrogens (tertiary/aromatic N) is 4. The Morgan fingerprint density at radius 2 is 1.90 bits per heavy atom. The van der Waals surface area contributed by atoms with Gasteiger partial charge < -0.3 is 4.74 Å². The number of ketones is 1. The lowest BCUT2D eigenvalue weighted by Gasteiger charge is -2.11. The van der Waals surface area contributed by atoms with Gasteiger partial charge in [-0.15, -0.1) is 16.8 Å². The van der Waals surface area contributed by atoms with Gasteiger partial charge in [0.1, 0.15) is 0 Å². The van der Waals surface area contributed by atoms with Crippen LogP contribution in [0.1, 0.15) is 10.4 Å². The zero-order valence-electron chi connectivity index (χ0n) is 16.5. The van der Waals surface area contributed by atoms with E-state index >= 15 is 0 Å². The van der Waals surface area contributed by atoms with E-state index in [1.54, 1.807) is 13.2 Å². The van der Waals surface area contributed by atoms with Gasteiger partial charge in [0, 0.05) is 17.5 Å². The molecule has 2 aromatic heterocycles. The molecule has 0 spiro atoms. The molecule has 0 atom stereocenters. The lowest BCUT2D eigenvalue weighted by molar-refractivity contribution is 0.102. The molecule has 0 N–H and O–H groups in total. The van der Waals surface area contributed by atoms with Gasteiger partial charge in [-0.3, -0.25) is 9.36 Å². The fourth-order valence-electron chi connectivity index (χ4n) is 3.14. The number of carbonyl (C=O) groups excluding carboxylic acids is 1. The van der Waals surface area contributed by atoms with E-state index in [1.165, 1.54) is 11.8 Å². The molecule has 150 valence electrons. The molecule has 0 radical (unpaired) electrons. The number of hydrogen-bond donors (Lipinski definition) is 0. The van der Waals surface area contributed by atoms with Crippen LogP contribution in [-0.4, -0.2) is 38.4 Å². The fourth-order valence-corrected chi connectivity index (χ4v) is 3.98. The third-order valence-corrected chi connectivity index (χ3v) is 5.55. The Morgan fingerprint density at radius 1 is 1.13 bits per heavy atom. The summed E-state index contributed by atoms with van der Waals surface area (Å²) < 4.78 is 7.45. The number of hydrogen-bond acceptors (Lipinski definition) is 6. The first-order valence-electron chi connectivity index (χ1n) is 9.40. The SMILES string of the molecule is C=CCn1c(SCC(=O)c2ccccc2)nnc1-c1cc2ccccc2nc1OC. The van der Waals surface area contributed by atoms with Gasteiger partial charge >= 0.3 is 0 Å². The number of ether oxygens (including phenoxy) is 1. The number of pyridine rings is 1. The number of benzene rings is 2. The zero-order valence-corrected chi connectivity index (χ0v) is 17.3. The normalized spacial score (nSPS) is 10.8. The average Bonchev–Trinajstić information content (AvgIpc) is 3.19. The predicted octanol–water partition coefficient (Wildman–Crippen LogP) is 4.66. The molecule has 4 aromatic rings. The number of Topliss-reactive ketones (excluding diaryl/α,β-unsaturated/α-hetero) is 1. The molecule has 2 aromatic carbocycles. The van der Waals surface area contributed by atoms with Crippen molar-refractivity contribution >= 4 is 28.4 Å². The number of rotatable bonds is 8. The highest BCUT2D eigenvalue weighted by Crippen LogP contribution is 2.32. The average molecular weight is 417 g/mol. The van der Waals surface area contributed by atoms with E-state index < -0.39 is 0 Å². The second-order valence-electron chi connectivity index (χ2n) is 6.52. The summed E-state index contributed by atoms with van der Waals surface area (Å²) >= 11 is 1.35. The molecule has 0 saturated heterocycles. The van der Waals surface area contributed by atoms with E-state index in [1.807, 2.05) is 65.2 Å². The van der Waals surface area contributed by atoms with Crippen molar-refractivity contribution in [1.82, 2.24) is 19.7 Å². The maximum Gasteiger partial charge on any atom is 0.224 e. The lowest BCUT2D eigenvalue weighted by Crippen LogP contribution is -2.06. The lowest BCUT2D eigenvalue weighted by atomic mass is 10.1. The largest absolute Gasteiger partial charge is 0.480 e. The number of allylic oxidation sites excluding steroid dienone is 1. The van der Waals surface area contributed by atoms with Crippen LogP contribution in [0, 0.1) is 0 Å². The first-order valence-corrected chi connectivity index (χ1v) is 10.4. The molecule has 0 amide bonds. The van der Waals surface area contributed by atoms with E-state index in [0.717, 1.165) is 16.5 Å². The minimum atomic E-state index is 0.0419. The van der Waals surface area contributed by atoms with Crippen LogP contribution in [0.4, 0.5) is 0 Å². The molecule has 0 unspecified atom stereocenters. The Balaban J connectivity index is 1.68. The van der Waals surface area contributed by atoms with Gasteiger partial charge in [-0.05, 0) is 12.1 Å². The number of thioether (sulfide) groups is 1. The minimum Gasteiger partial charge on any atom is -0.480 e. The predicted molar refractivity (Wildman–Crippen MR) is 119 cm³/mol. The van der Waals surface area contributed by atoms with Crippen LogP contribution in [0.3, 0.4) is 0 Å². The number of fused-ring (bicyclic) bond motifs is 1. The van der Waals surface area contributed by atoms with Crippen molar-refractivity contribution < 1.29 is 9.53 Å². The summed E-state index contributed by atoms with van der Waals surface area (Å²) in [6, 6.07) is 19.1. The summed E-state index contributed by atoms with van der Waals surface area (Å²) in [4.78, 5) is 17.1. The standard InChI is InChI=1S/C23H20N4O2S/c1-3-13-27-21(18-14-17-11-7-8-12-19(17)24-22(18)29-2)25-26-23(27)30-15-20(28)16-9-5-4-6-10-16/h3-12,14H,1,13,15H2,2H3. The first kappa shape index (κ1) is 19.8. The van der Waals surface area contributed by atoms with Gasteiger partial charge in [0.15, 0.2) is 16.8 Å². The summed E-state index contributed by atoms with van der Waals surface area (Å²) in [5, 5.41) is 10.3. The molecule has 4 rings (SSSR count). The smallest absolute Gasteiger partial charge is 0.224 e. The van der Waals surface area contributed by atoms with E-state index in [9.17, 15) is 4.79 Å². The summed E-state index contributed by atoms with van der Waals surface area (Å²) in [7, 11) is 1.59. The van der Waals surface area contributed by atoms with Gasteiger partial charge in [0.2, 0.25) is 5.88 Å². The maximum atomic E-state index is 12.5. The van der Waals surface area contributed by atoms with Gasteiger partial charge in [0.05, 0.1) is 23.9 Å². The third-order valence-electron chi connectivity index (χ3n) is 4.58. The second kappa shape index (κ2) is 8.92. The topological polar surface area (TPSA) is 69.9 Å². The number of para-hydroxylation sites is 1. The van der Waals surface area contributed by atoms with Crippen molar-refractivity contribution in [2.75, 3.05) is 12.9 Å². The molecule has 0 aliphatic carbocycles. The highest BCUT2D eigenvalue weighted by Gasteiger charge is 2.20. The first-order chi connectivity index (χ1) is 14.7. The molecule has 30 heavy (non-hydrogen) atoms. The van der Waals surface area contributed by atoms with E-state index in [4.69, 9.17) is 4.74 Å². The second-order valence-corrected chi connectivity index (χ2v) is 7.46. The minimum absolute atomic E-state index is 0.0419. The quantitative estimate of drug-likeness (QED) is 0.236. The molecule has 0 aliphatic heterocycles. The van der Waals surface area contributed by atoms with Crippen molar-refractivity contribution in [2.45, 2.75) is 11.7 Å². The van der Waals surface area contributed by atoms with E-state index in [-0.39, 0.29) is 11.5 Å². The number of carbonyl (C=O) groups is 1. The van der Waals surface area contributed by atoms with Crippen LogP contribution in [-0.2, 0) is 6.54 Å². The van der Waals surface area contributed by atoms with Crippen molar-refractivity contribution in [3.05, 3.63) is 78.9 Å². The molecule has 7 heteroatoms. The van der Waals surface area contributed by atoms with E-state index in [2.05, 4.69) is 21.8 Å². The van der Waals surface area contributed by atoms with Crippen LogP contribution in [0.2, 0.25) is 0 Å². The molecular weight excluding hydrogens is 396 g/mol. The molecule has 0 bridgehead atoms. The Labute approximate surface area is 178 Å². The Hall–Kier alpha value is -3.45. The van der Waals surface area contributed by atoms with Gasteiger partial charge in [-0.2, -0.15) is 0 Å². The van der Waals surface area contributed by atoms with Crippen LogP contribution < -0.4 is 4.74 Å². The summed E-state index contributed by atoms with van der Waals surface area (Å²) in [5.41, 5.74) is 2.27. The summed E-state index contributed by atoms with van der Waals surface area (Å²) in [6.07, 6.45) is 1.77. The Bertz CT molecular complexity index is 1200. The molecular formula is C23H20N4O2S. The summed E-state index contributed by atoms with van der Waals surface area (Å²) in [5.74, 6) is 1.41. The molecule has 2 heterocycles. The Kier molecular flexibility index (Phi) is 5.90. The third kappa shape index (κ3) is 3.97. The van der Waals surface area contributed by atoms with Crippen LogP contribution >= 0.6 is 11.8 Å². The van der Waals surface area contributed by atoms with Crippen LogP contribution in [0.5, 0.6) is 5.88 Å². The van der Waals surface area contributed by atoms with Crippen molar-refractivity contribution in [2.24, 2.45) is 0 Å². The van der Waals surface area contributed by atoms with Crippen molar-refractivity contribution in [3.63, 3.8) is 0 Å². The number of methoxy groups -OCH3 is 1. The molecule has 0 saturated carbocycles. The highest BCUT2D eigenvalue weighted by molar-refractivity contribution is 7.99. The zero-order chi connectivity index (χ0) is 20.9. The highest BCUT2D eigenvalue weighted by atomic mass is 32.2. The van der Waals surface area contributed by atoms with Crippen molar-refractivity contribution in [1.29, 1.82) is 0 Å². The van der Waals surface area contributed by atoms with E-state index in [0.29, 0.717) is 29.0 Å². The molecule has 0 aliphatic rings. The number of aromatic nitrogens is 4. The molecule has 0 fully saturated rings. The fraction of sp³-hybridized carbons (Fsp3) is 0.130. The maximum absolute atomic E-state index is 12.5. The summed E-state index contributed by atoms with van der Waals surface area (Å²) in [6.45, 7) is 4.35.